The van der Waals surface area contributed by atoms with Crippen LogP contribution in [-0.4, -0.2) is 71.5 Å². The summed E-state index contributed by atoms with van der Waals surface area (Å²) in [6.45, 7) is 2.47. The number of aromatic nitrogens is 2. The Morgan fingerprint density at radius 2 is 1.87 bits per heavy atom. The molecule has 5 rings (SSSR count). The minimum absolute atomic E-state index is 0.159. The summed E-state index contributed by atoms with van der Waals surface area (Å²) in [7, 11) is 4.18. The van der Waals surface area contributed by atoms with E-state index in [0.717, 1.165) is 50.2 Å². The molecule has 0 aliphatic carbocycles. The van der Waals surface area contributed by atoms with Crippen molar-refractivity contribution >= 4 is 22.6 Å². The van der Waals surface area contributed by atoms with Gasteiger partial charge < -0.3 is 14.7 Å². The number of benzene rings is 2. The van der Waals surface area contributed by atoms with Crippen LogP contribution in [0.5, 0.6) is 0 Å². The molecule has 1 amide bonds. The molecule has 0 radical (unpaired) electrons. The number of anilines is 1. The lowest BCUT2D eigenvalue weighted by Crippen LogP contribution is -2.46. The van der Waals surface area contributed by atoms with Crippen molar-refractivity contribution in [1.29, 1.82) is 0 Å². The topological polar surface area (TPSA) is 52.6 Å². The number of hydrogen-bond acceptors (Lipinski definition) is 5. The van der Waals surface area contributed by atoms with Crippen LogP contribution in [0.4, 0.5) is 5.95 Å². The highest BCUT2D eigenvalue weighted by molar-refractivity contribution is 5.87. The van der Waals surface area contributed by atoms with Crippen molar-refractivity contribution in [2.75, 3.05) is 38.6 Å². The number of rotatable bonds is 4. The average molecular weight is 416 g/mol. The Kier molecular flexibility index (Phi) is 5.32. The second-order valence-corrected chi connectivity index (χ2v) is 8.85. The fraction of sp³-hybridized carbons (Fsp3) is 0.400. The number of amides is 1. The minimum Gasteiger partial charge on any atom is -0.339 e. The number of carbonyl (C=O) groups is 1. The molecular formula is C25H29N5O. The molecule has 2 saturated heterocycles. The Labute approximate surface area is 183 Å². The van der Waals surface area contributed by atoms with Gasteiger partial charge in [0.2, 0.25) is 11.9 Å². The molecule has 2 atom stereocenters. The predicted octanol–water partition coefficient (Wildman–Crippen LogP) is 3.43. The van der Waals surface area contributed by atoms with E-state index in [9.17, 15) is 4.79 Å². The fourth-order valence-corrected chi connectivity index (χ4v) is 4.83. The smallest absolute Gasteiger partial charge is 0.245 e. The zero-order valence-corrected chi connectivity index (χ0v) is 18.2. The van der Waals surface area contributed by atoms with Crippen molar-refractivity contribution < 1.29 is 4.79 Å². The van der Waals surface area contributed by atoms with Crippen LogP contribution in [0.25, 0.3) is 22.0 Å². The van der Waals surface area contributed by atoms with E-state index in [4.69, 9.17) is 4.98 Å². The van der Waals surface area contributed by atoms with Gasteiger partial charge in [-0.3, -0.25) is 4.79 Å². The number of hydrogen-bond donors (Lipinski definition) is 0. The number of fused-ring (bicyclic) bond motifs is 1. The van der Waals surface area contributed by atoms with Gasteiger partial charge in [0.1, 0.15) is 6.04 Å². The van der Waals surface area contributed by atoms with Crippen LogP contribution in [0.2, 0.25) is 0 Å². The molecule has 2 aliphatic heterocycles. The molecule has 2 aromatic carbocycles. The molecule has 6 heteroatoms. The molecule has 1 aromatic heterocycles. The van der Waals surface area contributed by atoms with Crippen LogP contribution in [0.15, 0.2) is 54.7 Å². The van der Waals surface area contributed by atoms with Crippen molar-refractivity contribution in [3.8, 4) is 11.3 Å². The Morgan fingerprint density at radius 1 is 1.03 bits per heavy atom. The fourth-order valence-electron chi connectivity index (χ4n) is 4.83. The maximum atomic E-state index is 13.3. The van der Waals surface area contributed by atoms with Gasteiger partial charge in [0.25, 0.3) is 0 Å². The molecule has 3 aromatic rings. The zero-order chi connectivity index (χ0) is 21.4. The van der Waals surface area contributed by atoms with Gasteiger partial charge in [0, 0.05) is 37.4 Å². The third-order valence-corrected chi connectivity index (χ3v) is 6.69. The van der Waals surface area contributed by atoms with Gasteiger partial charge in [-0.05, 0) is 56.3 Å². The standard InChI is InChI=1S/C25H29N5O/c1-28(2)21-12-15-29(17-21)24(31)23-8-5-14-30(23)25-26-13-11-22(27-25)20-10-9-18-6-3-4-7-19(18)16-20/h3-4,6-7,9-11,13,16,21,23H,5,8,12,14-15,17H2,1-2H3/t21-,23+/m1/s1. The Morgan fingerprint density at radius 3 is 2.68 bits per heavy atom. The number of likely N-dealkylation sites (tertiary alicyclic amines) is 1. The van der Waals surface area contributed by atoms with Crippen molar-refractivity contribution in [3.63, 3.8) is 0 Å². The van der Waals surface area contributed by atoms with Crippen LogP contribution in [-0.2, 0) is 4.79 Å². The van der Waals surface area contributed by atoms with Gasteiger partial charge in [-0.1, -0.05) is 36.4 Å². The summed E-state index contributed by atoms with van der Waals surface area (Å²) in [6, 6.07) is 17.0. The maximum absolute atomic E-state index is 13.3. The van der Waals surface area contributed by atoms with Gasteiger partial charge in [0.15, 0.2) is 0 Å². The lowest BCUT2D eigenvalue weighted by molar-refractivity contribution is -0.131. The highest BCUT2D eigenvalue weighted by Gasteiger charge is 2.38. The van der Waals surface area contributed by atoms with E-state index in [1.165, 1.54) is 10.8 Å². The molecule has 6 nitrogen and oxygen atoms in total. The predicted molar refractivity (Wildman–Crippen MR) is 124 cm³/mol. The van der Waals surface area contributed by atoms with Crippen molar-refractivity contribution in [2.45, 2.75) is 31.3 Å². The molecule has 0 bridgehead atoms. The van der Waals surface area contributed by atoms with Crippen molar-refractivity contribution in [3.05, 3.63) is 54.7 Å². The summed E-state index contributed by atoms with van der Waals surface area (Å²) in [5.74, 6) is 0.881. The summed E-state index contributed by atoms with van der Waals surface area (Å²) in [4.78, 5) is 29.1. The van der Waals surface area contributed by atoms with E-state index in [-0.39, 0.29) is 11.9 Å². The van der Waals surface area contributed by atoms with Crippen LogP contribution < -0.4 is 4.90 Å². The van der Waals surface area contributed by atoms with Crippen molar-refractivity contribution in [2.24, 2.45) is 0 Å². The Balaban J connectivity index is 1.39. The average Bonchev–Trinajstić information content (AvgIpc) is 3.49. The summed E-state index contributed by atoms with van der Waals surface area (Å²) in [5.41, 5.74) is 1.96. The second kappa shape index (κ2) is 8.27. The molecule has 2 aliphatic rings. The highest BCUT2D eigenvalue weighted by atomic mass is 16.2. The number of nitrogens with zero attached hydrogens (tertiary/aromatic N) is 5. The second-order valence-electron chi connectivity index (χ2n) is 8.85. The van der Waals surface area contributed by atoms with E-state index in [1.54, 1.807) is 0 Å². The van der Waals surface area contributed by atoms with E-state index in [0.29, 0.717) is 12.0 Å². The normalized spacial score (nSPS) is 21.4. The zero-order valence-electron chi connectivity index (χ0n) is 18.2. The molecule has 2 fully saturated rings. The maximum Gasteiger partial charge on any atom is 0.245 e. The summed E-state index contributed by atoms with van der Waals surface area (Å²) in [5, 5.41) is 2.41. The van der Waals surface area contributed by atoms with Crippen LogP contribution >= 0.6 is 0 Å². The molecule has 0 saturated carbocycles. The molecule has 160 valence electrons. The molecule has 0 spiro atoms. The third-order valence-electron chi connectivity index (χ3n) is 6.69. The van der Waals surface area contributed by atoms with Crippen LogP contribution in [0.3, 0.4) is 0 Å². The van der Waals surface area contributed by atoms with Crippen molar-refractivity contribution in [1.82, 2.24) is 19.8 Å². The van der Waals surface area contributed by atoms with E-state index in [1.807, 2.05) is 17.2 Å². The number of carbonyl (C=O) groups excluding carboxylic acids is 1. The summed E-state index contributed by atoms with van der Waals surface area (Å²) < 4.78 is 0. The Bertz CT molecular complexity index is 1100. The minimum atomic E-state index is -0.159. The molecular weight excluding hydrogens is 386 g/mol. The third kappa shape index (κ3) is 3.88. The first-order chi connectivity index (χ1) is 15.1. The van der Waals surface area contributed by atoms with Gasteiger partial charge in [-0.25, -0.2) is 9.97 Å². The lowest BCUT2D eigenvalue weighted by Gasteiger charge is -2.28. The first kappa shape index (κ1) is 19.9. The van der Waals surface area contributed by atoms with Crippen LogP contribution in [0, 0.1) is 0 Å². The van der Waals surface area contributed by atoms with Gasteiger partial charge >= 0.3 is 0 Å². The molecule has 0 N–H and O–H groups in total. The van der Waals surface area contributed by atoms with E-state index >= 15 is 0 Å². The quantitative estimate of drug-likeness (QED) is 0.654. The van der Waals surface area contributed by atoms with E-state index < -0.39 is 0 Å². The molecule has 31 heavy (non-hydrogen) atoms. The number of likely N-dealkylation sites (N-methyl/N-ethyl adjacent to an activating group) is 1. The SMILES string of the molecule is CN(C)[C@@H]1CCN(C(=O)[C@@H]2CCCN2c2nccc(-c3ccc4ccccc4c3)n2)C1. The largest absolute Gasteiger partial charge is 0.339 e. The van der Waals surface area contributed by atoms with E-state index in [2.05, 4.69) is 71.3 Å². The molecule has 0 unspecified atom stereocenters. The highest BCUT2D eigenvalue weighted by Crippen LogP contribution is 2.28. The summed E-state index contributed by atoms with van der Waals surface area (Å²) >= 11 is 0. The van der Waals surface area contributed by atoms with Gasteiger partial charge in [-0.2, -0.15) is 0 Å². The first-order valence-corrected chi connectivity index (χ1v) is 11.1. The first-order valence-electron chi connectivity index (χ1n) is 11.1. The monoisotopic (exact) mass is 415 g/mol. The molecule has 3 heterocycles. The van der Waals surface area contributed by atoms with Gasteiger partial charge in [-0.15, -0.1) is 0 Å². The van der Waals surface area contributed by atoms with Crippen LogP contribution in [0.1, 0.15) is 19.3 Å². The lowest BCUT2D eigenvalue weighted by atomic mass is 10.1. The summed E-state index contributed by atoms with van der Waals surface area (Å²) in [6.07, 6.45) is 4.71. The van der Waals surface area contributed by atoms with Gasteiger partial charge in [0.05, 0.1) is 5.69 Å². The Hall–Kier alpha value is -2.99.